The number of halogens is 5. The average Bonchev–Trinajstić information content (AvgIpc) is 0.851. The van der Waals surface area contributed by atoms with Gasteiger partial charge in [0.05, 0.1) is 63.8 Å². The van der Waals surface area contributed by atoms with E-state index in [9.17, 15) is 19.2 Å². The van der Waals surface area contributed by atoms with Gasteiger partial charge in [0.15, 0.2) is 66.5 Å². The Morgan fingerprint density at radius 2 is 0.387 bits per heavy atom. The monoisotopic (exact) mass is 2230 g/mol. The van der Waals surface area contributed by atoms with E-state index in [1.165, 1.54) is 37.8 Å². The Morgan fingerprint density at radius 3 is 0.513 bits per heavy atom. The summed E-state index contributed by atoms with van der Waals surface area (Å²) >= 11 is 15.8. The van der Waals surface area contributed by atoms with Gasteiger partial charge in [0.2, 0.25) is 4.69 Å². The van der Waals surface area contributed by atoms with Crippen LogP contribution >= 0.6 is 79.6 Å². The van der Waals surface area contributed by atoms with Gasteiger partial charge in [0.1, 0.15) is 32.8 Å². The Kier molecular flexibility index (Phi) is 70.2. The number of carbonyl (C=O) groups is 4. The van der Waals surface area contributed by atoms with E-state index in [4.69, 9.17) is 90.9 Å². The summed E-state index contributed by atoms with van der Waals surface area (Å²) in [5.41, 5.74) is 0. The molecule has 0 aromatic rings. The van der Waals surface area contributed by atoms with Crippen molar-refractivity contribution in [3.05, 3.63) is 0 Å². The molecule has 0 fully saturated rings. The summed E-state index contributed by atoms with van der Waals surface area (Å²) in [6.45, 7) is 79.7. The van der Waals surface area contributed by atoms with Gasteiger partial charge in [-0.15, -0.1) is 0 Å². The van der Waals surface area contributed by atoms with Crippen molar-refractivity contribution in [2.45, 2.75) is 356 Å². The van der Waals surface area contributed by atoms with E-state index in [0.717, 1.165) is 74.8 Å². The van der Waals surface area contributed by atoms with Crippen molar-refractivity contribution in [1.29, 1.82) is 0 Å². The predicted octanol–water partition coefficient (Wildman–Crippen LogP) is 21.8. The minimum atomic E-state index is -2.28. The second kappa shape index (κ2) is 64.3. The molecule has 0 heterocycles. The van der Waals surface area contributed by atoms with Crippen LogP contribution in [-0.2, 0) is 94.7 Å². The van der Waals surface area contributed by atoms with Crippen LogP contribution in [-0.4, -0.2) is 275 Å². The molecule has 0 aromatic carbocycles. The third-order valence-electron chi connectivity index (χ3n) is 16.9. The van der Waals surface area contributed by atoms with Crippen LogP contribution in [0.5, 0.6) is 0 Å². The fourth-order valence-electron chi connectivity index (χ4n) is 12.5. The van der Waals surface area contributed by atoms with Gasteiger partial charge in [0, 0.05) is 39.6 Å². The Morgan fingerprint density at radius 1 is 0.244 bits per heavy atom. The number of esters is 3. The Bertz CT molecular complexity index is 2550. The molecule has 0 radical (unpaired) electrons. The normalized spacial score (nSPS) is 13.4. The van der Waals surface area contributed by atoms with E-state index in [1.807, 2.05) is 0 Å². The fraction of sp³-hybridized carbons (Fsp3) is 0.949. The van der Waals surface area contributed by atoms with Crippen LogP contribution in [0.25, 0.3) is 0 Å². The molecular weight excluding hydrogens is 2060 g/mol. The summed E-state index contributed by atoms with van der Waals surface area (Å²) in [4.78, 5) is 45.4. The van der Waals surface area contributed by atoms with Crippen molar-refractivity contribution >= 4 is 203 Å². The second-order valence-electron chi connectivity index (χ2n) is 38.7. The summed E-state index contributed by atoms with van der Waals surface area (Å²) in [5.74, 6) is -0.848. The van der Waals surface area contributed by atoms with Gasteiger partial charge < -0.3 is 90.9 Å². The van der Waals surface area contributed by atoms with E-state index in [0.29, 0.717) is 79.3 Å². The fourth-order valence-corrected chi connectivity index (χ4v) is 69.3. The van der Waals surface area contributed by atoms with Crippen LogP contribution in [0.15, 0.2) is 0 Å². The number of aliphatic hydroxyl groups excluding tert-OH is 3. The maximum absolute atomic E-state index is 11.7. The first-order chi connectivity index (χ1) is 53.8. The standard InChI is InChI=1S/C24H50Br2O8Si3.C19H43BrO5Si3.C16H40O6Si3.C15H38O4Si3.C4H6Br2O/c1-23(2,25)21(27)31-17-15-29-13-11-19-35(5,6)33-37(9,10)34-36(7,8)20-12-14-30-16-18-32-22(28)24(3,4)26;1-10-11-16-26(4,5)24-28(8,9)25-27(6,7)17-12-13-22-14-15-23-18(21)19(2,3)20;1-23(2,15-7-11-19-13-9-17)21-25(5,6)22-24(3,4)16-8-12-20-14-10-18;1-8-9-14-20(2,3)18-22(6,7)19-21(4,5)15-10-12-17-13-11-16;1-4(2,6)3(5)7/h11-20H2,1-10H3;10-17H2,1-9H3;17-18H,7-16H2,1-6H3;16H,8-15H2,1-7H3;1-2H3. The lowest BCUT2D eigenvalue weighted by molar-refractivity contribution is -0.147. The summed E-state index contributed by atoms with van der Waals surface area (Å²) < 4.78 is 98.6. The number of hydrogen-bond acceptors (Lipinski definition) is 24. The lowest BCUT2D eigenvalue weighted by Crippen LogP contribution is -2.52. The number of unbranched alkanes of at least 4 members (excludes halogenated alkanes) is 2. The molecule has 41 heteroatoms. The molecule has 0 saturated carbocycles. The van der Waals surface area contributed by atoms with Crippen LogP contribution in [0.4, 0.5) is 0 Å². The number of carbonyl (C=O) groups excluding carboxylic acids is 4. The first-order valence-electron chi connectivity index (χ1n) is 43.2. The lowest BCUT2D eigenvalue weighted by Gasteiger charge is -2.39. The quantitative estimate of drug-likeness (QED) is 0.0127. The van der Waals surface area contributed by atoms with Crippen molar-refractivity contribution in [2.75, 3.05) is 119 Å². The maximum Gasteiger partial charge on any atom is 0.322 e. The number of ether oxygens (including phenoxy) is 9. The number of rotatable bonds is 65. The summed E-state index contributed by atoms with van der Waals surface area (Å²) in [6, 6.07) is 8.58. The topological polar surface area (TPSA) is 286 Å². The largest absolute Gasteiger partial charge is 0.462 e. The highest BCUT2D eigenvalue weighted by atomic mass is 79.9. The highest BCUT2D eigenvalue weighted by molar-refractivity contribution is 9.20. The van der Waals surface area contributed by atoms with Crippen molar-refractivity contribution in [1.82, 2.24) is 0 Å². The Hall–Kier alpha value is 2.40. The molecule has 119 heavy (non-hydrogen) atoms. The summed E-state index contributed by atoms with van der Waals surface area (Å²) in [7, 11) is -22.8. The Balaban J connectivity index is -0.000000479. The molecule has 0 aliphatic rings. The molecule has 0 amide bonds. The van der Waals surface area contributed by atoms with Gasteiger partial charge >= 0.3 is 52.2 Å². The van der Waals surface area contributed by atoms with E-state index < -0.39 is 118 Å². The average molecular weight is 2240 g/mol. The maximum atomic E-state index is 11.7. The van der Waals surface area contributed by atoms with Gasteiger partial charge in [0.25, 0.3) is 0 Å². The summed E-state index contributed by atoms with van der Waals surface area (Å²) in [6.07, 6.45) is 10.6. The zero-order chi connectivity index (χ0) is 93.8. The molecule has 0 aliphatic carbocycles. The first-order valence-corrected chi connectivity index (χ1v) is 83.3. The zero-order valence-electron chi connectivity index (χ0n) is 81.3. The van der Waals surface area contributed by atoms with Gasteiger partial charge in [-0.2, -0.15) is 0 Å². The molecule has 716 valence electrons. The molecule has 0 spiro atoms. The number of alkyl halides is 4. The molecule has 0 bridgehead atoms. The highest BCUT2D eigenvalue weighted by Gasteiger charge is 2.44. The zero-order valence-corrected chi connectivity index (χ0v) is 101. The third-order valence-corrected chi connectivity index (χ3v) is 65.6. The number of hydrogen-bond donors (Lipinski definition) is 3. The molecule has 0 rings (SSSR count). The molecule has 0 saturated heterocycles. The van der Waals surface area contributed by atoms with E-state index >= 15 is 0 Å². The third kappa shape index (κ3) is 84.4. The molecular formula is C78H177Br5O24Si12. The smallest absolute Gasteiger partial charge is 0.322 e. The van der Waals surface area contributed by atoms with E-state index in [2.05, 4.69) is 251 Å². The second-order valence-corrected chi connectivity index (χ2v) is 97.3. The minimum absolute atomic E-state index is 0.0278. The minimum Gasteiger partial charge on any atom is -0.462 e. The molecule has 0 aliphatic heterocycles. The molecule has 3 N–H and O–H groups in total. The molecule has 0 atom stereocenters. The first kappa shape index (κ1) is 130. The summed E-state index contributed by atoms with van der Waals surface area (Å²) in [5, 5.41) is 26.1. The van der Waals surface area contributed by atoms with E-state index in [1.54, 1.807) is 55.4 Å². The van der Waals surface area contributed by atoms with Crippen molar-refractivity contribution in [2.24, 2.45) is 0 Å². The molecule has 0 aromatic heterocycles. The van der Waals surface area contributed by atoms with Crippen LogP contribution < -0.4 is 0 Å². The van der Waals surface area contributed by atoms with Crippen molar-refractivity contribution in [3.8, 4) is 0 Å². The van der Waals surface area contributed by atoms with Crippen LogP contribution in [0, 0.1) is 0 Å². The van der Waals surface area contributed by atoms with Crippen molar-refractivity contribution in [3.63, 3.8) is 0 Å². The van der Waals surface area contributed by atoms with Crippen LogP contribution in [0.2, 0.25) is 205 Å². The van der Waals surface area contributed by atoms with Gasteiger partial charge in [-0.1, -0.05) is 103 Å². The van der Waals surface area contributed by atoms with Gasteiger partial charge in [-0.25, -0.2) is 0 Å². The molecule has 24 nitrogen and oxygen atoms in total. The van der Waals surface area contributed by atoms with Gasteiger partial charge in [-0.3, -0.25) is 19.2 Å². The lowest BCUT2D eigenvalue weighted by atomic mass is 10.2. The molecule has 0 unspecified atom stereocenters. The van der Waals surface area contributed by atoms with Crippen molar-refractivity contribution < 1.29 is 110 Å². The Labute approximate surface area is 781 Å². The van der Waals surface area contributed by atoms with E-state index in [-0.39, 0.29) is 62.2 Å². The number of aliphatic hydroxyl groups is 3. The van der Waals surface area contributed by atoms with Crippen LogP contribution in [0.1, 0.15) is 133 Å². The predicted molar refractivity (Wildman–Crippen MR) is 539 cm³/mol. The van der Waals surface area contributed by atoms with Gasteiger partial charge in [-0.05, 0) is 315 Å². The SMILES string of the molecule is CC(C)(Br)C(=O)Br.CC(C)(Br)C(=O)OCCOCCC[Si](C)(C)O[Si](C)(C)O[Si](C)(C)CCCOCCOC(=O)C(C)(C)Br.CCCC[Si](C)(C)O[Si](C)(C)O[Si](C)(C)CCCOCCO.CCCC[Si](C)(C)O[Si](C)(C)O[Si](C)(C)CCCOCCOC(=O)C(C)(C)Br.C[Si](C)(CCCOCCO)O[Si](C)(C)O[Si](C)(C)CCCOCCO. The highest BCUT2D eigenvalue weighted by Crippen LogP contribution is 2.32. The van der Waals surface area contributed by atoms with Crippen LogP contribution in [0.3, 0.4) is 0 Å².